The summed E-state index contributed by atoms with van der Waals surface area (Å²) in [4.78, 5) is 32.1. The fourth-order valence-corrected chi connectivity index (χ4v) is 5.49. The van der Waals surface area contributed by atoms with E-state index < -0.39 is 5.72 Å². The highest BCUT2D eigenvalue weighted by molar-refractivity contribution is 5.89. The van der Waals surface area contributed by atoms with E-state index in [4.69, 9.17) is 14.3 Å². The summed E-state index contributed by atoms with van der Waals surface area (Å²) >= 11 is 0. The zero-order valence-corrected chi connectivity index (χ0v) is 18.8. The molecule has 0 amide bonds. The molecule has 0 spiro atoms. The third-order valence-corrected chi connectivity index (χ3v) is 7.09. The standard InChI is InChI=1S/C24H28N3O5/c1-5-27-13-12-18(26-20-9-7-6-8-19(20)25(16(2)28)23(26)29)15-24(27,32-27)17-10-11-21(30-3)22(14-17)31-4/h6-11,14,18H,5,12-13,15H2,1-4H3/q+1. The van der Waals surface area contributed by atoms with Crippen molar-refractivity contribution in [2.45, 2.75) is 38.5 Å². The van der Waals surface area contributed by atoms with Crippen molar-refractivity contribution in [2.24, 2.45) is 0 Å². The molecule has 168 valence electrons. The Labute approximate surface area is 186 Å². The van der Waals surface area contributed by atoms with E-state index in [0.717, 1.165) is 30.6 Å². The van der Waals surface area contributed by atoms with E-state index >= 15 is 0 Å². The second kappa shape index (κ2) is 7.21. The van der Waals surface area contributed by atoms with Crippen molar-refractivity contribution >= 4 is 16.9 Å². The van der Waals surface area contributed by atoms with Crippen LogP contribution in [-0.4, -0.2) is 47.0 Å². The van der Waals surface area contributed by atoms with Crippen LogP contribution in [0.15, 0.2) is 47.3 Å². The highest BCUT2D eigenvalue weighted by Gasteiger charge is 2.76. The average Bonchev–Trinajstić information content (AvgIpc) is 3.40. The lowest BCUT2D eigenvalue weighted by atomic mass is 9.90. The van der Waals surface area contributed by atoms with Crippen molar-refractivity contribution < 1.29 is 23.8 Å². The van der Waals surface area contributed by atoms with Crippen LogP contribution in [0.3, 0.4) is 0 Å². The Balaban J connectivity index is 1.62. The van der Waals surface area contributed by atoms with E-state index in [-0.39, 0.29) is 17.6 Å². The molecule has 2 aliphatic rings. The van der Waals surface area contributed by atoms with Crippen LogP contribution in [0.4, 0.5) is 0 Å². The molecular formula is C24H28N3O5+. The number of fused-ring (bicyclic) bond motifs is 2. The predicted octanol–water partition coefficient (Wildman–Crippen LogP) is 3.45. The van der Waals surface area contributed by atoms with Gasteiger partial charge in [-0.05, 0) is 37.3 Å². The number of carbonyl (C=O) groups excluding carboxylic acids is 1. The number of aromatic nitrogens is 2. The van der Waals surface area contributed by atoms with Crippen LogP contribution in [0.5, 0.6) is 11.5 Å². The van der Waals surface area contributed by atoms with Crippen molar-refractivity contribution in [1.82, 2.24) is 9.13 Å². The summed E-state index contributed by atoms with van der Waals surface area (Å²) in [6, 6.07) is 13.3. The van der Waals surface area contributed by atoms with Gasteiger partial charge >= 0.3 is 11.4 Å². The molecule has 3 aromatic rings. The van der Waals surface area contributed by atoms with Crippen LogP contribution in [0, 0.1) is 0 Å². The maximum absolute atomic E-state index is 13.3. The Morgan fingerprint density at radius 3 is 2.53 bits per heavy atom. The number of para-hydroxylation sites is 2. The molecule has 3 heterocycles. The Morgan fingerprint density at radius 1 is 1.16 bits per heavy atom. The molecule has 2 aromatic carbocycles. The topological polar surface area (TPSA) is 75.0 Å². The molecule has 0 saturated carbocycles. The maximum atomic E-state index is 13.3. The van der Waals surface area contributed by atoms with E-state index in [9.17, 15) is 9.59 Å². The second-order valence-electron chi connectivity index (χ2n) is 8.52. The molecular weight excluding hydrogens is 410 g/mol. The molecule has 0 aliphatic carbocycles. The molecule has 2 aliphatic heterocycles. The number of piperidine rings is 1. The number of hydroxylamine groups is 3. The fraction of sp³-hybridized carbons (Fsp3) is 0.417. The lowest BCUT2D eigenvalue weighted by Crippen LogP contribution is -2.44. The van der Waals surface area contributed by atoms with Crippen molar-refractivity contribution in [1.29, 1.82) is 0 Å². The summed E-state index contributed by atoms with van der Waals surface area (Å²) in [5.41, 5.74) is 1.57. The summed E-state index contributed by atoms with van der Waals surface area (Å²) in [6.07, 6.45) is 1.41. The smallest absolute Gasteiger partial charge is 0.336 e. The van der Waals surface area contributed by atoms with E-state index in [1.165, 1.54) is 11.5 Å². The molecule has 32 heavy (non-hydrogen) atoms. The monoisotopic (exact) mass is 438 g/mol. The Hall–Kier alpha value is -3.10. The first-order valence-corrected chi connectivity index (χ1v) is 10.9. The van der Waals surface area contributed by atoms with Gasteiger partial charge in [0.05, 0.1) is 43.3 Å². The first-order valence-electron chi connectivity index (χ1n) is 10.9. The molecule has 1 aromatic heterocycles. The molecule has 0 bridgehead atoms. The molecule has 8 nitrogen and oxygen atoms in total. The molecule has 0 N–H and O–H groups in total. The molecule has 2 saturated heterocycles. The molecule has 0 radical (unpaired) electrons. The van der Waals surface area contributed by atoms with Crippen molar-refractivity contribution in [2.75, 3.05) is 27.3 Å². The van der Waals surface area contributed by atoms with Crippen LogP contribution in [0.25, 0.3) is 11.0 Å². The van der Waals surface area contributed by atoms with Gasteiger partial charge in [-0.1, -0.05) is 12.1 Å². The van der Waals surface area contributed by atoms with E-state index in [1.54, 1.807) is 18.8 Å². The number of hydrogen-bond acceptors (Lipinski definition) is 5. The number of methoxy groups -OCH3 is 2. The van der Waals surface area contributed by atoms with Crippen LogP contribution >= 0.6 is 0 Å². The molecule has 2 fully saturated rings. The van der Waals surface area contributed by atoms with Crippen molar-refractivity contribution in [3.05, 3.63) is 58.5 Å². The van der Waals surface area contributed by atoms with Crippen molar-refractivity contribution in [3.8, 4) is 11.5 Å². The van der Waals surface area contributed by atoms with Crippen LogP contribution in [0.1, 0.15) is 43.1 Å². The first kappa shape index (κ1) is 20.8. The number of nitrogens with zero attached hydrogens (tertiary/aromatic N) is 3. The third-order valence-electron chi connectivity index (χ3n) is 7.09. The van der Waals surface area contributed by atoms with Gasteiger partial charge in [0, 0.05) is 13.3 Å². The number of quaternary nitrogens is 1. The van der Waals surface area contributed by atoms with Gasteiger partial charge in [0.25, 0.3) is 0 Å². The summed E-state index contributed by atoms with van der Waals surface area (Å²) < 4.78 is 14.5. The van der Waals surface area contributed by atoms with Gasteiger partial charge in [-0.15, -0.1) is 9.48 Å². The second-order valence-corrected chi connectivity index (χ2v) is 8.52. The Morgan fingerprint density at radius 2 is 1.88 bits per heavy atom. The van der Waals surface area contributed by atoms with Crippen LogP contribution in [0.2, 0.25) is 0 Å². The Bertz CT molecular complexity index is 1280. The van der Waals surface area contributed by atoms with E-state index in [0.29, 0.717) is 28.1 Å². The highest BCUT2D eigenvalue weighted by Crippen LogP contribution is 2.61. The Kier molecular flexibility index (Phi) is 4.69. The van der Waals surface area contributed by atoms with Crippen LogP contribution in [-0.2, 0) is 10.6 Å². The van der Waals surface area contributed by atoms with E-state index in [1.807, 2.05) is 42.5 Å². The number of benzene rings is 2. The highest BCUT2D eigenvalue weighted by atomic mass is 16.9. The lowest BCUT2D eigenvalue weighted by molar-refractivity contribution is -0.934. The molecule has 3 unspecified atom stereocenters. The van der Waals surface area contributed by atoms with Gasteiger partial charge in [0.1, 0.15) is 13.1 Å². The quantitative estimate of drug-likeness (QED) is 0.451. The van der Waals surface area contributed by atoms with E-state index in [2.05, 4.69) is 6.92 Å². The summed E-state index contributed by atoms with van der Waals surface area (Å²) in [5.74, 6) is 1.03. The minimum absolute atomic E-state index is 0.0959. The van der Waals surface area contributed by atoms with Crippen LogP contribution < -0.4 is 15.2 Å². The predicted molar refractivity (Wildman–Crippen MR) is 119 cm³/mol. The summed E-state index contributed by atoms with van der Waals surface area (Å²) in [7, 11) is 3.23. The number of rotatable bonds is 5. The third kappa shape index (κ3) is 2.69. The largest absolute Gasteiger partial charge is 0.493 e. The normalized spacial score (nSPS) is 26.6. The summed E-state index contributed by atoms with van der Waals surface area (Å²) in [5, 5.41) is 0. The molecule has 8 heteroatoms. The number of carbonyl (C=O) groups is 1. The zero-order valence-electron chi connectivity index (χ0n) is 18.8. The first-order chi connectivity index (χ1) is 15.4. The maximum Gasteiger partial charge on any atom is 0.336 e. The fourth-order valence-electron chi connectivity index (χ4n) is 5.49. The van der Waals surface area contributed by atoms with Gasteiger partial charge < -0.3 is 9.47 Å². The average molecular weight is 439 g/mol. The van der Waals surface area contributed by atoms with Gasteiger partial charge in [0.15, 0.2) is 11.5 Å². The van der Waals surface area contributed by atoms with Gasteiger partial charge in [-0.25, -0.2) is 9.36 Å². The molecule has 3 atom stereocenters. The molecule has 5 rings (SSSR count). The number of imidazole rings is 1. The van der Waals surface area contributed by atoms with Gasteiger partial charge in [-0.2, -0.15) is 0 Å². The van der Waals surface area contributed by atoms with Gasteiger partial charge in [-0.3, -0.25) is 9.36 Å². The van der Waals surface area contributed by atoms with Crippen molar-refractivity contribution in [3.63, 3.8) is 0 Å². The number of ether oxygens (including phenoxy) is 2. The van der Waals surface area contributed by atoms with Gasteiger partial charge in [0.2, 0.25) is 5.91 Å². The number of hydrogen-bond donors (Lipinski definition) is 0. The zero-order chi connectivity index (χ0) is 22.7. The minimum atomic E-state index is -0.559. The SMILES string of the molecule is CC[N+]12CCC(n3c(=O)n(C(C)=O)c4ccccc43)CC1(c1ccc(OC)c(OC)c1)O2. The minimum Gasteiger partial charge on any atom is -0.493 e. The lowest BCUT2D eigenvalue weighted by Gasteiger charge is -2.29. The summed E-state index contributed by atoms with van der Waals surface area (Å²) in [6.45, 7) is 5.15.